The van der Waals surface area contributed by atoms with Crippen molar-refractivity contribution in [2.24, 2.45) is 0 Å². The summed E-state index contributed by atoms with van der Waals surface area (Å²) in [4.78, 5) is 24.7. The van der Waals surface area contributed by atoms with E-state index in [0.717, 1.165) is 0 Å². The molecule has 0 unspecified atom stereocenters. The van der Waals surface area contributed by atoms with E-state index in [1.807, 2.05) is 0 Å². The number of hydrogen-bond donors (Lipinski definition) is 1. The summed E-state index contributed by atoms with van der Waals surface area (Å²) in [5, 5.41) is 9.90. The Kier molecular flexibility index (Phi) is 4.86. The fraction of sp³-hybridized carbons (Fsp3) is 0.385. The molecule has 1 aliphatic rings. The maximum atomic E-state index is 12.3. The molecule has 0 saturated carbocycles. The molecule has 20 heavy (non-hydrogen) atoms. The molecule has 7 heteroatoms. The molecule has 1 aliphatic heterocycles. The van der Waals surface area contributed by atoms with Gasteiger partial charge in [0, 0.05) is 16.6 Å². The van der Waals surface area contributed by atoms with Gasteiger partial charge in [-0.2, -0.15) is 0 Å². The van der Waals surface area contributed by atoms with Gasteiger partial charge in [0.15, 0.2) is 6.04 Å². The molecule has 1 atom stereocenters. The van der Waals surface area contributed by atoms with E-state index in [1.54, 1.807) is 18.2 Å². The summed E-state index contributed by atoms with van der Waals surface area (Å²) < 4.78 is 5.09. The molecule has 0 radical (unpaired) electrons. The SMILES string of the molecule is O=C(O)[C@H]1COCCN1C(=O)Cc1c(Cl)cccc1Cl. The number of halogens is 2. The first kappa shape index (κ1) is 15.1. The highest BCUT2D eigenvalue weighted by Gasteiger charge is 2.32. The highest BCUT2D eigenvalue weighted by atomic mass is 35.5. The van der Waals surface area contributed by atoms with Crippen molar-refractivity contribution in [2.45, 2.75) is 12.5 Å². The van der Waals surface area contributed by atoms with Gasteiger partial charge < -0.3 is 14.7 Å². The highest BCUT2D eigenvalue weighted by molar-refractivity contribution is 6.36. The van der Waals surface area contributed by atoms with Crippen LogP contribution in [0.4, 0.5) is 0 Å². The first-order valence-electron chi connectivity index (χ1n) is 6.03. The molecule has 0 spiro atoms. The van der Waals surface area contributed by atoms with E-state index in [2.05, 4.69) is 0 Å². The number of amides is 1. The Morgan fingerprint density at radius 2 is 2.00 bits per heavy atom. The van der Waals surface area contributed by atoms with E-state index < -0.39 is 12.0 Å². The normalized spacial score (nSPS) is 18.9. The number of morpholine rings is 1. The quantitative estimate of drug-likeness (QED) is 0.923. The lowest BCUT2D eigenvalue weighted by molar-refractivity contribution is -0.158. The van der Waals surface area contributed by atoms with Gasteiger partial charge in [-0.1, -0.05) is 29.3 Å². The lowest BCUT2D eigenvalue weighted by Gasteiger charge is -2.33. The molecule has 1 heterocycles. The molecule has 1 N–H and O–H groups in total. The third-order valence-electron chi connectivity index (χ3n) is 3.12. The van der Waals surface area contributed by atoms with Crippen LogP contribution in [0.1, 0.15) is 5.56 Å². The maximum absolute atomic E-state index is 12.3. The van der Waals surface area contributed by atoms with Crippen molar-refractivity contribution >= 4 is 35.1 Å². The Bertz CT molecular complexity index is 515. The zero-order valence-corrected chi connectivity index (χ0v) is 12.0. The van der Waals surface area contributed by atoms with Crippen molar-refractivity contribution in [2.75, 3.05) is 19.8 Å². The largest absolute Gasteiger partial charge is 0.480 e. The van der Waals surface area contributed by atoms with Crippen LogP contribution in [0.2, 0.25) is 10.0 Å². The summed E-state index contributed by atoms with van der Waals surface area (Å²) in [5.41, 5.74) is 0.511. The third kappa shape index (κ3) is 3.23. The molecule has 1 saturated heterocycles. The van der Waals surface area contributed by atoms with Crippen molar-refractivity contribution in [3.8, 4) is 0 Å². The van der Waals surface area contributed by atoms with Gasteiger partial charge in [-0.3, -0.25) is 4.79 Å². The Morgan fingerprint density at radius 3 is 2.60 bits per heavy atom. The zero-order chi connectivity index (χ0) is 14.7. The maximum Gasteiger partial charge on any atom is 0.328 e. The molecule has 0 aromatic heterocycles. The number of benzene rings is 1. The predicted molar refractivity (Wildman–Crippen MR) is 74.1 cm³/mol. The number of carboxylic acids is 1. The van der Waals surface area contributed by atoms with Gasteiger partial charge in [0.2, 0.25) is 5.91 Å². The van der Waals surface area contributed by atoms with Crippen LogP contribution in [0, 0.1) is 0 Å². The molecule has 1 fully saturated rings. The molecular formula is C13H13Cl2NO4. The monoisotopic (exact) mass is 317 g/mol. The Balaban J connectivity index is 2.16. The Hall–Kier alpha value is -1.30. The van der Waals surface area contributed by atoms with Gasteiger partial charge in [-0.25, -0.2) is 4.79 Å². The van der Waals surface area contributed by atoms with Crippen molar-refractivity contribution in [1.82, 2.24) is 4.90 Å². The molecule has 1 amide bonds. The molecule has 0 bridgehead atoms. The van der Waals surface area contributed by atoms with E-state index >= 15 is 0 Å². The second-order valence-electron chi connectivity index (χ2n) is 4.39. The fourth-order valence-electron chi connectivity index (χ4n) is 2.06. The topological polar surface area (TPSA) is 66.8 Å². The first-order valence-corrected chi connectivity index (χ1v) is 6.79. The molecule has 2 rings (SSSR count). The molecule has 5 nitrogen and oxygen atoms in total. The van der Waals surface area contributed by atoms with Crippen LogP contribution < -0.4 is 0 Å². The molecule has 0 aliphatic carbocycles. The van der Waals surface area contributed by atoms with Gasteiger partial charge in [0.1, 0.15) is 0 Å². The van der Waals surface area contributed by atoms with Crippen molar-refractivity contribution in [3.05, 3.63) is 33.8 Å². The highest BCUT2D eigenvalue weighted by Crippen LogP contribution is 2.25. The summed E-state index contributed by atoms with van der Waals surface area (Å²) in [6.45, 7) is 0.570. The van der Waals surface area contributed by atoms with E-state index in [9.17, 15) is 9.59 Å². The standard InChI is InChI=1S/C13H13Cl2NO4/c14-9-2-1-3-10(15)8(9)6-12(17)16-4-5-20-7-11(16)13(18)19/h1-3,11H,4-7H2,(H,18,19)/t11-/m1/s1. The minimum atomic E-state index is -1.08. The molecular weight excluding hydrogens is 305 g/mol. The number of aliphatic carboxylic acids is 1. The first-order chi connectivity index (χ1) is 9.50. The van der Waals surface area contributed by atoms with Crippen molar-refractivity contribution in [3.63, 3.8) is 0 Å². The third-order valence-corrected chi connectivity index (χ3v) is 3.83. The van der Waals surface area contributed by atoms with Gasteiger partial charge in [-0.05, 0) is 17.7 Å². The van der Waals surface area contributed by atoms with Gasteiger partial charge in [-0.15, -0.1) is 0 Å². The summed E-state index contributed by atoms with van der Waals surface area (Å²) >= 11 is 12.0. The Morgan fingerprint density at radius 1 is 1.35 bits per heavy atom. The van der Waals surface area contributed by atoms with Crippen molar-refractivity contribution < 1.29 is 19.4 Å². The number of ether oxygens (including phenoxy) is 1. The lowest BCUT2D eigenvalue weighted by atomic mass is 10.1. The van der Waals surface area contributed by atoms with Crippen LogP contribution in [0.5, 0.6) is 0 Å². The van der Waals surface area contributed by atoms with Crippen LogP contribution in [0.25, 0.3) is 0 Å². The van der Waals surface area contributed by atoms with Crippen LogP contribution in [0.3, 0.4) is 0 Å². The van der Waals surface area contributed by atoms with E-state index in [-0.39, 0.29) is 25.5 Å². The minimum absolute atomic E-state index is 0.00265. The summed E-state index contributed by atoms with van der Waals surface area (Å²) in [6, 6.07) is 4.01. The van der Waals surface area contributed by atoms with Crippen LogP contribution in [-0.2, 0) is 20.7 Å². The number of hydrogen-bond acceptors (Lipinski definition) is 3. The van der Waals surface area contributed by atoms with Gasteiger partial charge in [0.25, 0.3) is 0 Å². The molecule has 1 aromatic rings. The minimum Gasteiger partial charge on any atom is -0.480 e. The van der Waals surface area contributed by atoms with Crippen LogP contribution >= 0.6 is 23.2 Å². The lowest BCUT2D eigenvalue weighted by Crippen LogP contribution is -2.53. The second-order valence-corrected chi connectivity index (χ2v) is 5.21. The number of rotatable bonds is 3. The molecule has 108 valence electrons. The number of nitrogens with zero attached hydrogens (tertiary/aromatic N) is 1. The summed E-state index contributed by atoms with van der Waals surface area (Å²) in [5.74, 6) is -1.40. The summed E-state index contributed by atoms with van der Waals surface area (Å²) in [6.07, 6.45) is -0.0255. The number of carbonyl (C=O) groups is 2. The van der Waals surface area contributed by atoms with Gasteiger partial charge in [0.05, 0.1) is 19.6 Å². The smallest absolute Gasteiger partial charge is 0.328 e. The van der Waals surface area contributed by atoms with Crippen LogP contribution in [-0.4, -0.2) is 47.7 Å². The predicted octanol–water partition coefficient (Wildman–Crippen LogP) is 1.85. The fourth-order valence-corrected chi connectivity index (χ4v) is 2.59. The van der Waals surface area contributed by atoms with Crippen molar-refractivity contribution in [1.29, 1.82) is 0 Å². The van der Waals surface area contributed by atoms with E-state index in [0.29, 0.717) is 22.2 Å². The average Bonchev–Trinajstić information content (AvgIpc) is 2.43. The number of carbonyl (C=O) groups excluding carboxylic acids is 1. The molecule has 1 aromatic carbocycles. The van der Waals surface area contributed by atoms with E-state index in [1.165, 1.54) is 4.90 Å². The van der Waals surface area contributed by atoms with Gasteiger partial charge >= 0.3 is 5.97 Å². The van der Waals surface area contributed by atoms with Crippen LogP contribution in [0.15, 0.2) is 18.2 Å². The average molecular weight is 318 g/mol. The second kappa shape index (κ2) is 6.43. The number of carboxylic acid groups (broad SMARTS) is 1. The zero-order valence-electron chi connectivity index (χ0n) is 10.5. The van der Waals surface area contributed by atoms with E-state index in [4.69, 9.17) is 33.0 Å². The Labute approximate surface area is 126 Å². The summed E-state index contributed by atoms with van der Waals surface area (Å²) in [7, 11) is 0.